The van der Waals surface area contributed by atoms with Gasteiger partial charge in [-0.3, -0.25) is 0 Å². The van der Waals surface area contributed by atoms with Crippen molar-refractivity contribution in [1.29, 1.82) is 0 Å². The molecule has 1 aliphatic carbocycles. The molecule has 262 valence electrons. The SMILES string of the molecule is c1ccc(-c2ccc(-c3nc(-c4ccccc4)nc(-c4ccc(-c5ccc6c(c5)C5(c7ccccc7Oc7ccccc75)c5ccccc5-6)cc4)n3)cc2)cc1. The summed E-state index contributed by atoms with van der Waals surface area (Å²) in [6, 6.07) is 70.3. The molecule has 4 heteroatoms. The lowest BCUT2D eigenvalue weighted by atomic mass is 9.66. The third-order valence-electron chi connectivity index (χ3n) is 11.2. The standard InChI is InChI=1S/C52H33N3O/c1-3-13-34(14-4-1)35-23-27-38(28-24-35)50-53-49(37-15-5-2-6-16-37)54-51(55-50)39-29-25-36(26-30-39)40-31-32-42-41-17-7-8-18-43(41)52(46(42)33-40)44-19-9-11-21-47(44)56-48-22-12-10-20-45(48)52/h1-33H. The first-order valence-corrected chi connectivity index (χ1v) is 18.9. The Labute approximate surface area is 325 Å². The molecule has 0 fully saturated rings. The van der Waals surface area contributed by atoms with E-state index in [9.17, 15) is 0 Å². The van der Waals surface area contributed by atoms with Gasteiger partial charge >= 0.3 is 0 Å². The van der Waals surface area contributed by atoms with Crippen LogP contribution in [-0.4, -0.2) is 15.0 Å². The molecule has 1 aromatic heterocycles. The van der Waals surface area contributed by atoms with E-state index in [-0.39, 0.29) is 0 Å². The summed E-state index contributed by atoms with van der Waals surface area (Å²) in [6.45, 7) is 0. The summed E-state index contributed by atoms with van der Waals surface area (Å²) in [5.41, 5.74) is 14.2. The minimum Gasteiger partial charge on any atom is -0.457 e. The van der Waals surface area contributed by atoms with E-state index in [1.165, 1.54) is 27.8 Å². The van der Waals surface area contributed by atoms with Gasteiger partial charge in [-0.05, 0) is 62.7 Å². The number of aromatic nitrogens is 3. The van der Waals surface area contributed by atoms with Crippen molar-refractivity contribution in [2.45, 2.75) is 5.41 Å². The Morgan fingerprint density at radius 2 is 0.661 bits per heavy atom. The normalized spacial score (nSPS) is 12.9. The molecule has 11 rings (SSSR count). The Kier molecular flexibility index (Phi) is 7.36. The van der Waals surface area contributed by atoms with E-state index >= 15 is 0 Å². The zero-order chi connectivity index (χ0) is 37.1. The molecule has 0 saturated carbocycles. The third kappa shape index (κ3) is 5.04. The second kappa shape index (κ2) is 12.9. The molecular weight excluding hydrogens is 683 g/mol. The van der Waals surface area contributed by atoms with Crippen LogP contribution in [0.1, 0.15) is 22.3 Å². The maximum atomic E-state index is 6.54. The van der Waals surface area contributed by atoms with Gasteiger partial charge in [0.15, 0.2) is 17.5 Å². The molecule has 0 radical (unpaired) electrons. The molecule has 0 N–H and O–H groups in total. The minimum atomic E-state index is -0.512. The summed E-state index contributed by atoms with van der Waals surface area (Å²) in [4.78, 5) is 15.0. The average Bonchev–Trinajstić information content (AvgIpc) is 3.57. The number of rotatable bonds is 5. The first kappa shape index (κ1) is 32.0. The highest BCUT2D eigenvalue weighted by Crippen LogP contribution is 2.62. The first-order valence-electron chi connectivity index (χ1n) is 18.9. The third-order valence-corrected chi connectivity index (χ3v) is 11.2. The number of ether oxygens (including phenoxy) is 1. The molecule has 2 heterocycles. The maximum absolute atomic E-state index is 6.54. The number of hydrogen-bond donors (Lipinski definition) is 0. The summed E-state index contributed by atoms with van der Waals surface area (Å²) in [6.07, 6.45) is 0. The highest BCUT2D eigenvalue weighted by molar-refractivity contribution is 5.90. The van der Waals surface area contributed by atoms with Crippen LogP contribution in [0.2, 0.25) is 0 Å². The predicted molar refractivity (Wildman–Crippen MR) is 224 cm³/mol. The Bertz CT molecular complexity index is 2880. The highest BCUT2D eigenvalue weighted by atomic mass is 16.5. The summed E-state index contributed by atoms with van der Waals surface area (Å²) in [5, 5.41) is 0. The van der Waals surface area contributed by atoms with Gasteiger partial charge in [0.05, 0.1) is 5.41 Å². The molecule has 4 nitrogen and oxygen atoms in total. The van der Waals surface area contributed by atoms with Gasteiger partial charge in [-0.25, -0.2) is 15.0 Å². The smallest absolute Gasteiger partial charge is 0.164 e. The second-order valence-corrected chi connectivity index (χ2v) is 14.3. The van der Waals surface area contributed by atoms with E-state index in [4.69, 9.17) is 19.7 Å². The van der Waals surface area contributed by atoms with Crippen LogP contribution in [0, 0.1) is 0 Å². The molecule has 56 heavy (non-hydrogen) atoms. The van der Waals surface area contributed by atoms with Crippen LogP contribution in [0.25, 0.3) is 67.5 Å². The summed E-state index contributed by atoms with van der Waals surface area (Å²) < 4.78 is 6.54. The minimum absolute atomic E-state index is 0.512. The molecule has 0 saturated heterocycles. The van der Waals surface area contributed by atoms with Crippen LogP contribution in [0.4, 0.5) is 0 Å². The molecule has 1 spiro atoms. The van der Waals surface area contributed by atoms with E-state index in [0.29, 0.717) is 17.5 Å². The van der Waals surface area contributed by atoms with Crippen molar-refractivity contribution in [2.24, 2.45) is 0 Å². The van der Waals surface area contributed by atoms with Crippen molar-refractivity contribution in [1.82, 2.24) is 15.0 Å². The molecule has 0 unspecified atom stereocenters. The second-order valence-electron chi connectivity index (χ2n) is 14.3. The fourth-order valence-corrected chi connectivity index (χ4v) is 8.64. The molecule has 9 aromatic rings. The van der Waals surface area contributed by atoms with E-state index in [1.54, 1.807) is 0 Å². The first-order chi connectivity index (χ1) is 27.7. The summed E-state index contributed by atoms with van der Waals surface area (Å²) in [7, 11) is 0. The fourth-order valence-electron chi connectivity index (χ4n) is 8.64. The van der Waals surface area contributed by atoms with Crippen LogP contribution >= 0.6 is 0 Å². The van der Waals surface area contributed by atoms with Crippen molar-refractivity contribution in [3.05, 3.63) is 222 Å². The van der Waals surface area contributed by atoms with Crippen LogP contribution < -0.4 is 4.74 Å². The molecule has 8 aromatic carbocycles. The zero-order valence-corrected chi connectivity index (χ0v) is 30.3. The van der Waals surface area contributed by atoms with E-state index < -0.39 is 5.41 Å². The van der Waals surface area contributed by atoms with Crippen LogP contribution in [0.3, 0.4) is 0 Å². The Balaban J connectivity index is 1.01. The maximum Gasteiger partial charge on any atom is 0.164 e. The van der Waals surface area contributed by atoms with Gasteiger partial charge in [0, 0.05) is 27.8 Å². The van der Waals surface area contributed by atoms with Gasteiger partial charge in [0.1, 0.15) is 11.5 Å². The van der Waals surface area contributed by atoms with Gasteiger partial charge in [-0.2, -0.15) is 0 Å². The van der Waals surface area contributed by atoms with Crippen LogP contribution in [0.5, 0.6) is 11.5 Å². The summed E-state index contributed by atoms with van der Waals surface area (Å²) in [5.74, 6) is 3.69. The van der Waals surface area contributed by atoms with Gasteiger partial charge in [0.25, 0.3) is 0 Å². The quantitative estimate of drug-likeness (QED) is 0.178. The molecule has 1 aliphatic heterocycles. The molecule has 0 atom stereocenters. The van der Waals surface area contributed by atoms with Gasteiger partial charge in [0.2, 0.25) is 0 Å². The number of hydrogen-bond acceptors (Lipinski definition) is 4. The monoisotopic (exact) mass is 715 g/mol. The Hall–Kier alpha value is -7.43. The lowest BCUT2D eigenvalue weighted by molar-refractivity contribution is 0.436. The van der Waals surface area contributed by atoms with Gasteiger partial charge in [-0.1, -0.05) is 182 Å². The lowest BCUT2D eigenvalue weighted by Crippen LogP contribution is -2.32. The van der Waals surface area contributed by atoms with E-state index in [1.807, 2.05) is 36.4 Å². The molecule has 0 bridgehead atoms. The number of para-hydroxylation sites is 2. The Morgan fingerprint density at radius 1 is 0.286 bits per heavy atom. The van der Waals surface area contributed by atoms with Crippen molar-refractivity contribution >= 4 is 0 Å². The lowest BCUT2D eigenvalue weighted by Gasteiger charge is -2.39. The van der Waals surface area contributed by atoms with Gasteiger partial charge in [-0.15, -0.1) is 0 Å². The Morgan fingerprint density at radius 3 is 1.23 bits per heavy atom. The largest absolute Gasteiger partial charge is 0.457 e. The molecule has 0 amide bonds. The number of nitrogens with zero attached hydrogens (tertiary/aromatic N) is 3. The fraction of sp³-hybridized carbons (Fsp3) is 0.0192. The average molecular weight is 716 g/mol. The predicted octanol–water partition coefficient (Wildman–Crippen LogP) is 12.7. The van der Waals surface area contributed by atoms with Crippen LogP contribution in [0.15, 0.2) is 200 Å². The van der Waals surface area contributed by atoms with Crippen molar-refractivity contribution < 1.29 is 4.74 Å². The molecular formula is C52H33N3O. The molecule has 2 aliphatic rings. The van der Waals surface area contributed by atoms with Crippen molar-refractivity contribution in [3.8, 4) is 79.0 Å². The van der Waals surface area contributed by atoms with E-state index in [2.05, 4.69) is 164 Å². The topological polar surface area (TPSA) is 47.9 Å². The number of benzene rings is 8. The van der Waals surface area contributed by atoms with Crippen molar-refractivity contribution in [2.75, 3.05) is 0 Å². The highest BCUT2D eigenvalue weighted by Gasteiger charge is 2.51. The number of fused-ring (bicyclic) bond motifs is 9. The van der Waals surface area contributed by atoms with E-state index in [0.717, 1.165) is 56.0 Å². The summed E-state index contributed by atoms with van der Waals surface area (Å²) >= 11 is 0. The van der Waals surface area contributed by atoms with Crippen molar-refractivity contribution in [3.63, 3.8) is 0 Å². The zero-order valence-electron chi connectivity index (χ0n) is 30.3. The van der Waals surface area contributed by atoms with Gasteiger partial charge < -0.3 is 4.74 Å². The van der Waals surface area contributed by atoms with Crippen LogP contribution in [-0.2, 0) is 5.41 Å².